The smallest absolute Gasteiger partial charge is 0.0612 e. The van der Waals surface area contributed by atoms with E-state index >= 15 is 0 Å². The van der Waals surface area contributed by atoms with Crippen LogP contribution in [-0.4, -0.2) is 37.0 Å². The van der Waals surface area contributed by atoms with Crippen molar-refractivity contribution < 1.29 is 9.84 Å². The summed E-state index contributed by atoms with van der Waals surface area (Å²) < 4.78 is 5.78. The molecule has 0 bridgehead atoms. The van der Waals surface area contributed by atoms with E-state index in [0.717, 1.165) is 32.4 Å². The summed E-state index contributed by atoms with van der Waals surface area (Å²) in [5, 5.41) is 12.7. The fourth-order valence-corrected chi connectivity index (χ4v) is 2.77. The van der Waals surface area contributed by atoms with Crippen LogP contribution >= 0.6 is 0 Å². The molecule has 2 fully saturated rings. The minimum atomic E-state index is 0.337. The molecule has 2 unspecified atom stereocenters. The number of nitrogens with one attached hydrogen (secondary N) is 1. The molecule has 1 saturated heterocycles. The van der Waals surface area contributed by atoms with E-state index in [9.17, 15) is 0 Å². The number of rotatable bonds is 6. The van der Waals surface area contributed by atoms with Crippen LogP contribution < -0.4 is 5.32 Å². The van der Waals surface area contributed by atoms with Gasteiger partial charge < -0.3 is 15.2 Å². The molecule has 1 aliphatic carbocycles. The summed E-state index contributed by atoms with van der Waals surface area (Å²) in [6.45, 7) is 6.79. The maximum absolute atomic E-state index is 9.05. The Morgan fingerprint density at radius 3 is 2.76 bits per heavy atom. The quantitative estimate of drug-likeness (QED) is 0.747. The van der Waals surface area contributed by atoms with Crippen LogP contribution in [0.25, 0.3) is 0 Å². The van der Waals surface area contributed by atoms with Gasteiger partial charge in [0.05, 0.1) is 6.10 Å². The highest BCUT2D eigenvalue weighted by Crippen LogP contribution is 2.48. The second-order valence-corrected chi connectivity index (χ2v) is 6.23. The molecule has 0 spiro atoms. The third-order valence-electron chi connectivity index (χ3n) is 4.42. The van der Waals surface area contributed by atoms with Crippen molar-refractivity contribution in [2.45, 2.75) is 58.1 Å². The Labute approximate surface area is 105 Å². The number of aliphatic hydroxyl groups excluding tert-OH is 1. The van der Waals surface area contributed by atoms with Gasteiger partial charge in [0.1, 0.15) is 0 Å². The lowest BCUT2D eigenvalue weighted by atomic mass is 9.94. The Balaban J connectivity index is 1.72. The summed E-state index contributed by atoms with van der Waals surface area (Å²) in [5.74, 6) is 0.618. The van der Waals surface area contributed by atoms with Crippen molar-refractivity contribution >= 4 is 0 Å². The van der Waals surface area contributed by atoms with Gasteiger partial charge in [0.25, 0.3) is 0 Å². The molecule has 0 radical (unpaired) electrons. The zero-order valence-electron chi connectivity index (χ0n) is 11.2. The van der Waals surface area contributed by atoms with E-state index in [-0.39, 0.29) is 0 Å². The fourth-order valence-electron chi connectivity index (χ4n) is 2.77. The van der Waals surface area contributed by atoms with Gasteiger partial charge in [-0.2, -0.15) is 0 Å². The summed E-state index contributed by atoms with van der Waals surface area (Å²) >= 11 is 0. The molecule has 2 N–H and O–H groups in total. The van der Waals surface area contributed by atoms with Gasteiger partial charge in [0.2, 0.25) is 0 Å². The second-order valence-electron chi connectivity index (χ2n) is 6.23. The van der Waals surface area contributed by atoms with Crippen molar-refractivity contribution in [2.24, 2.45) is 11.3 Å². The molecule has 17 heavy (non-hydrogen) atoms. The molecule has 0 aromatic carbocycles. The molecule has 3 nitrogen and oxygen atoms in total. The molecule has 1 heterocycles. The number of ether oxygens (including phenoxy) is 1. The molecular weight excluding hydrogens is 214 g/mol. The molecule has 1 saturated carbocycles. The van der Waals surface area contributed by atoms with E-state index < -0.39 is 0 Å². The lowest BCUT2D eigenvalue weighted by Crippen LogP contribution is -2.43. The van der Waals surface area contributed by atoms with Crippen LogP contribution in [0.15, 0.2) is 0 Å². The van der Waals surface area contributed by atoms with Gasteiger partial charge >= 0.3 is 0 Å². The van der Waals surface area contributed by atoms with E-state index in [0.29, 0.717) is 30.1 Å². The molecule has 2 rings (SSSR count). The minimum absolute atomic E-state index is 0.337. The Morgan fingerprint density at radius 1 is 1.41 bits per heavy atom. The summed E-state index contributed by atoms with van der Waals surface area (Å²) in [6.07, 6.45) is 6.26. The largest absolute Gasteiger partial charge is 0.396 e. The van der Waals surface area contributed by atoms with Gasteiger partial charge in [-0.3, -0.25) is 0 Å². The first kappa shape index (κ1) is 13.3. The van der Waals surface area contributed by atoms with Crippen LogP contribution in [0.4, 0.5) is 0 Å². The lowest BCUT2D eigenvalue weighted by molar-refractivity contribution is -0.0250. The van der Waals surface area contributed by atoms with Crippen molar-refractivity contribution in [3.8, 4) is 0 Å². The van der Waals surface area contributed by atoms with Crippen molar-refractivity contribution in [3.63, 3.8) is 0 Å². The van der Waals surface area contributed by atoms with Gasteiger partial charge in [-0.05, 0) is 43.4 Å². The molecule has 1 aliphatic heterocycles. The van der Waals surface area contributed by atoms with E-state index in [1.54, 1.807) is 0 Å². The maximum atomic E-state index is 9.05. The Kier molecular flexibility index (Phi) is 4.45. The number of aliphatic hydroxyl groups is 1. The predicted octanol–water partition coefficient (Wildman–Crippen LogP) is 1.94. The summed E-state index contributed by atoms with van der Waals surface area (Å²) in [5.41, 5.74) is 0.431. The first-order valence-corrected chi connectivity index (χ1v) is 7.11. The van der Waals surface area contributed by atoms with Crippen molar-refractivity contribution in [1.29, 1.82) is 0 Å². The van der Waals surface area contributed by atoms with Gasteiger partial charge in [-0.1, -0.05) is 13.8 Å². The first-order valence-electron chi connectivity index (χ1n) is 7.11. The highest BCUT2D eigenvalue weighted by atomic mass is 16.5. The van der Waals surface area contributed by atoms with E-state index in [2.05, 4.69) is 19.2 Å². The zero-order chi connectivity index (χ0) is 12.3. The van der Waals surface area contributed by atoms with Crippen molar-refractivity contribution in [3.05, 3.63) is 0 Å². The molecule has 0 amide bonds. The molecule has 3 heteroatoms. The SMILES string of the molecule is CC(C)C1CC(NCC2(CCO)CC2)CCO1. The summed E-state index contributed by atoms with van der Waals surface area (Å²) in [7, 11) is 0. The molecular formula is C14H27NO2. The number of hydrogen-bond donors (Lipinski definition) is 2. The van der Waals surface area contributed by atoms with Crippen LogP contribution in [0.2, 0.25) is 0 Å². The zero-order valence-corrected chi connectivity index (χ0v) is 11.2. The van der Waals surface area contributed by atoms with Crippen molar-refractivity contribution in [1.82, 2.24) is 5.32 Å². The molecule has 2 atom stereocenters. The van der Waals surface area contributed by atoms with Crippen LogP contribution in [0.5, 0.6) is 0 Å². The average molecular weight is 241 g/mol. The molecule has 0 aromatic rings. The van der Waals surface area contributed by atoms with Crippen LogP contribution in [0.3, 0.4) is 0 Å². The standard InChI is InChI=1S/C14H27NO2/c1-11(2)13-9-12(3-8-17-13)15-10-14(4-5-14)6-7-16/h11-13,15-16H,3-10H2,1-2H3. The Morgan fingerprint density at radius 2 is 2.18 bits per heavy atom. The fraction of sp³-hybridized carbons (Fsp3) is 1.00. The van der Waals surface area contributed by atoms with E-state index in [1.807, 2.05) is 0 Å². The van der Waals surface area contributed by atoms with Gasteiger partial charge in [0, 0.05) is 25.8 Å². The Bertz CT molecular complexity index is 238. The average Bonchev–Trinajstić information content (AvgIpc) is 3.08. The molecule has 0 aromatic heterocycles. The van der Waals surface area contributed by atoms with Gasteiger partial charge in [-0.15, -0.1) is 0 Å². The van der Waals surface area contributed by atoms with Crippen LogP contribution in [0.1, 0.15) is 46.0 Å². The van der Waals surface area contributed by atoms with E-state index in [1.165, 1.54) is 12.8 Å². The minimum Gasteiger partial charge on any atom is -0.396 e. The Hall–Kier alpha value is -0.120. The second kappa shape index (κ2) is 5.68. The van der Waals surface area contributed by atoms with Gasteiger partial charge in [0.15, 0.2) is 0 Å². The summed E-state index contributed by atoms with van der Waals surface area (Å²) in [4.78, 5) is 0. The third-order valence-corrected chi connectivity index (χ3v) is 4.42. The predicted molar refractivity (Wildman–Crippen MR) is 69.0 cm³/mol. The monoisotopic (exact) mass is 241 g/mol. The normalized spacial score (nSPS) is 31.8. The highest BCUT2D eigenvalue weighted by Gasteiger charge is 2.42. The van der Waals surface area contributed by atoms with Gasteiger partial charge in [-0.25, -0.2) is 0 Å². The number of hydrogen-bond acceptors (Lipinski definition) is 3. The molecule has 2 aliphatic rings. The maximum Gasteiger partial charge on any atom is 0.0612 e. The van der Waals surface area contributed by atoms with Crippen LogP contribution in [-0.2, 0) is 4.74 Å². The molecule has 100 valence electrons. The summed E-state index contributed by atoms with van der Waals surface area (Å²) in [6, 6.07) is 0.618. The lowest BCUT2D eigenvalue weighted by Gasteiger charge is -2.33. The first-order chi connectivity index (χ1) is 8.15. The van der Waals surface area contributed by atoms with Crippen molar-refractivity contribution in [2.75, 3.05) is 19.8 Å². The van der Waals surface area contributed by atoms with E-state index in [4.69, 9.17) is 9.84 Å². The van der Waals surface area contributed by atoms with Crippen LogP contribution in [0, 0.1) is 11.3 Å². The third kappa shape index (κ3) is 3.67. The highest BCUT2D eigenvalue weighted by molar-refractivity contribution is 4.95. The topological polar surface area (TPSA) is 41.5 Å².